The van der Waals surface area contributed by atoms with Crippen molar-refractivity contribution >= 4 is 0 Å². The fraction of sp³-hybridized carbons (Fsp3) is 0.926. The second-order valence-electron chi connectivity index (χ2n) is 12.3. The zero-order valence-electron chi connectivity index (χ0n) is 19.8. The molecule has 30 heavy (non-hydrogen) atoms. The number of rotatable bonds is 5. The zero-order chi connectivity index (χ0) is 21.7. The third-order valence-electron chi connectivity index (χ3n) is 10.7. The Morgan fingerprint density at radius 1 is 0.967 bits per heavy atom. The average molecular weight is 419 g/mol. The summed E-state index contributed by atoms with van der Waals surface area (Å²) >= 11 is 0. The summed E-state index contributed by atoms with van der Waals surface area (Å²) in [5.41, 5.74) is 1.95. The largest absolute Gasteiger partial charge is 0.396 e. The number of fused-ring (bicyclic) bond motifs is 5. The van der Waals surface area contributed by atoms with Crippen LogP contribution in [0.15, 0.2) is 11.6 Å². The van der Waals surface area contributed by atoms with Gasteiger partial charge in [0.1, 0.15) is 0 Å². The molecular weight excluding hydrogens is 372 g/mol. The van der Waals surface area contributed by atoms with Gasteiger partial charge in [0, 0.05) is 6.61 Å². The van der Waals surface area contributed by atoms with Crippen LogP contribution in [0.4, 0.5) is 0 Å². The number of hydrogen-bond acceptors (Lipinski definition) is 3. The Hall–Kier alpha value is -0.380. The summed E-state index contributed by atoms with van der Waals surface area (Å²) in [5, 5.41) is 31.0. The van der Waals surface area contributed by atoms with Gasteiger partial charge < -0.3 is 15.3 Å². The van der Waals surface area contributed by atoms with Crippen LogP contribution in [-0.2, 0) is 0 Å². The molecule has 10 atom stereocenters. The van der Waals surface area contributed by atoms with E-state index < -0.39 is 12.2 Å². The monoisotopic (exact) mass is 418 g/mol. The molecule has 4 rings (SSSR count). The lowest BCUT2D eigenvalue weighted by Gasteiger charge is -2.61. The number of aliphatic hydroxyl groups excluding tert-OH is 3. The zero-order valence-corrected chi connectivity index (χ0v) is 19.8. The molecule has 4 fully saturated rings. The van der Waals surface area contributed by atoms with Crippen molar-refractivity contribution in [2.45, 2.75) is 104 Å². The topological polar surface area (TPSA) is 60.7 Å². The van der Waals surface area contributed by atoms with Crippen molar-refractivity contribution in [1.82, 2.24) is 0 Å². The smallest absolute Gasteiger partial charge is 0.0804 e. The van der Waals surface area contributed by atoms with E-state index in [1.165, 1.54) is 44.1 Å². The van der Waals surface area contributed by atoms with Crippen molar-refractivity contribution in [3.8, 4) is 0 Å². The minimum atomic E-state index is -0.538. The minimum Gasteiger partial charge on any atom is -0.396 e. The highest BCUT2D eigenvalue weighted by atomic mass is 16.3. The lowest BCUT2D eigenvalue weighted by atomic mass is 9.44. The molecule has 0 unspecified atom stereocenters. The molecule has 172 valence electrons. The van der Waals surface area contributed by atoms with Crippen molar-refractivity contribution < 1.29 is 15.3 Å². The van der Waals surface area contributed by atoms with Gasteiger partial charge in [0.15, 0.2) is 0 Å². The maximum atomic E-state index is 10.5. The second kappa shape index (κ2) is 8.52. The van der Waals surface area contributed by atoms with Gasteiger partial charge in [0.25, 0.3) is 0 Å². The quantitative estimate of drug-likeness (QED) is 0.529. The summed E-state index contributed by atoms with van der Waals surface area (Å²) in [5.74, 6) is 3.92. The summed E-state index contributed by atoms with van der Waals surface area (Å²) in [6.45, 7) is 9.67. The van der Waals surface area contributed by atoms with E-state index in [0.29, 0.717) is 35.7 Å². The van der Waals surface area contributed by atoms with E-state index in [2.05, 4.69) is 33.8 Å². The van der Waals surface area contributed by atoms with Gasteiger partial charge in [-0.05, 0) is 124 Å². The molecule has 0 radical (unpaired) electrons. The minimum absolute atomic E-state index is 0.195. The predicted octanol–water partition coefficient (Wildman–Crippen LogP) is 5.33. The van der Waals surface area contributed by atoms with Crippen molar-refractivity contribution in [3.63, 3.8) is 0 Å². The van der Waals surface area contributed by atoms with Gasteiger partial charge in [-0.2, -0.15) is 0 Å². The van der Waals surface area contributed by atoms with Crippen LogP contribution in [0.5, 0.6) is 0 Å². The molecule has 3 nitrogen and oxygen atoms in total. The van der Waals surface area contributed by atoms with Crippen LogP contribution >= 0.6 is 0 Å². The maximum Gasteiger partial charge on any atom is 0.0804 e. The van der Waals surface area contributed by atoms with E-state index >= 15 is 0 Å². The standard InChI is InChI=1S/C27H46O3/c1-17(2)6-5-7-18(16-28)21-10-11-22-20-9-8-19-14-24(29)25(30)15-27(19,4)23(20)12-13-26(21,22)3/h6,18-25,28-30H,5,7-16H2,1-4H3/t18-,19+,20+,21-,22+,23+,24+,25+,26-,27+/m1/s1. The molecule has 0 saturated heterocycles. The summed E-state index contributed by atoms with van der Waals surface area (Å²) in [4.78, 5) is 0. The molecule has 0 aromatic carbocycles. The molecule has 0 heterocycles. The van der Waals surface area contributed by atoms with Crippen LogP contribution in [-0.4, -0.2) is 34.1 Å². The molecule has 4 aliphatic rings. The van der Waals surface area contributed by atoms with Crippen molar-refractivity contribution in [3.05, 3.63) is 11.6 Å². The fourth-order valence-electron chi connectivity index (χ4n) is 9.10. The molecule has 3 N–H and O–H groups in total. The van der Waals surface area contributed by atoms with Crippen LogP contribution in [0.2, 0.25) is 0 Å². The Kier molecular flexibility index (Phi) is 6.48. The molecule has 0 aliphatic heterocycles. The van der Waals surface area contributed by atoms with Crippen LogP contribution in [0, 0.1) is 46.3 Å². The summed E-state index contributed by atoms with van der Waals surface area (Å²) in [6.07, 6.45) is 12.8. The van der Waals surface area contributed by atoms with Crippen molar-refractivity contribution in [1.29, 1.82) is 0 Å². The Morgan fingerprint density at radius 3 is 2.40 bits per heavy atom. The van der Waals surface area contributed by atoms with Crippen molar-refractivity contribution in [2.75, 3.05) is 6.61 Å². The highest BCUT2D eigenvalue weighted by Crippen LogP contribution is 2.68. The van der Waals surface area contributed by atoms with E-state index in [0.717, 1.165) is 37.5 Å². The molecular formula is C27H46O3. The van der Waals surface area contributed by atoms with Gasteiger partial charge in [-0.3, -0.25) is 0 Å². The number of aliphatic hydroxyl groups is 3. The summed E-state index contributed by atoms with van der Waals surface area (Å²) in [6, 6.07) is 0. The fourth-order valence-corrected chi connectivity index (χ4v) is 9.10. The Bertz CT molecular complexity index is 640. The highest BCUT2D eigenvalue weighted by molar-refractivity contribution is 5.11. The average Bonchev–Trinajstić information content (AvgIpc) is 3.03. The van der Waals surface area contributed by atoms with Gasteiger partial charge in [-0.25, -0.2) is 0 Å². The first-order valence-corrected chi connectivity index (χ1v) is 12.8. The third kappa shape index (κ3) is 3.71. The van der Waals surface area contributed by atoms with Gasteiger partial charge in [-0.15, -0.1) is 0 Å². The van der Waals surface area contributed by atoms with Crippen LogP contribution in [0.25, 0.3) is 0 Å². The number of hydrogen-bond donors (Lipinski definition) is 3. The van der Waals surface area contributed by atoms with Crippen molar-refractivity contribution in [2.24, 2.45) is 46.3 Å². The summed E-state index contributed by atoms with van der Waals surface area (Å²) in [7, 11) is 0. The lowest BCUT2D eigenvalue weighted by molar-refractivity contribution is -0.161. The Balaban J connectivity index is 1.51. The molecule has 3 heteroatoms. The normalized spacial score (nSPS) is 49.0. The Morgan fingerprint density at radius 2 is 1.70 bits per heavy atom. The molecule has 0 bridgehead atoms. The second-order valence-corrected chi connectivity index (χ2v) is 12.3. The first-order chi connectivity index (χ1) is 14.2. The molecule has 0 amide bonds. The van der Waals surface area contributed by atoms with Gasteiger partial charge in [0.05, 0.1) is 12.2 Å². The summed E-state index contributed by atoms with van der Waals surface area (Å²) < 4.78 is 0. The SMILES string of the molecule is CC(C)=CCC[C@H](CO)[C@H]1CC[C@H]2[C@@H]3CC[C@H]4C[C@H](O)[C@@H](O)C[C@]4(C)[C@H]3CC[C@]12C. The highest BCUT2D eigenvalue weighted by Gasteiger charge is 2.61. The Labute approximate surface area is 184 Å². The number of allylic oxidation sites excluding steroid dienone is 2. The predicted molar refractivity (Wildman–Crippen MR) is 122 cm³/mol. The van der Waals surface area contributed by atoms with E-state index in [1.54, 1.807) is 0 Å². The van der Waals surface area contributed by atoms with Crippen LogP contribution < -0.4 is 0 Å². The molecule has 0 spiro atoms. The first-order valence-electron chi connectivity index (χ1n) is 12.8. The lowest BCUT2D eigenvalue weighted by Crippen LogP contribution is -2.56. The van der Waals surface area contributed by atoms with E-state index in [9.17, 15) is 15.3 Å². The van der Waals surface area contributed by atoms with Gasteiger partial charge in [-0.1, -0.05) is 25.5 Å². The maximum absolute atomic E-state index is 10.5. The van der Waals surface area contributed by atoms with E-state index in [1.807, 2.05) is 0 Å². The van der Waals surface area contributed by atoms with Gasteiger partial charge in [0.2, 0.25) is 0 Å². The molecule has 0 aromatic rings. The van der Waals surface area contributed by atoms with Gasteiger partial charge >= 0.3 is 0 Å². The third-order valence-corrected chi connectivity index (χ3v) is 10.7. The first kappa shape index (κ1) is 22.8. The van der Waals surface area contributed by atoms with Crippen LogP contribution in [0.3, 0.4) is 0 Å². The molecule has 4 saturated carbocycles. The van der Waals surface area contributed by atoms with E-state index in [-0.39, 0.29) is 5.41 Å². The molecule has 0 aromatic heterocycles. The molecule has 4 aliphatic carbocycles. The van der Waals surface area contributed by atoms with E-state index in [4.69, 9.17) is 0 Å². The van der Waals surface area contributed by atoms with Crippen LogP contribution in [0.1, 0.15) is 91.9 Å².